The van der Waals surface area contributed by atoms with Gasteiger partial charge in [-0.2, -0.15) is 0 Å². The maximum absolute atomic E-state index is 5.42. The van der Waals surface area contributed by atoms with E-state index in [1.807, 2.05) is 12.4 Å². The Morgan fingerprint density at radius 1 is 1.86 bits per heavy atom. The molecule has 3 heteroatoms. The molecule has 0 fully saturated rings. The molecule has 2 rings (SSSR count). The summed E-state index contributed by atoms with van der Waals surface area (Å²) in [6.45, 7) is 3.15. The molecule has 0 spiro atoms. The minimum atomic E-state index is 0.170. The summed E-state index contributed by atoms with van der Waals surface area (Å²) in [6, 6.07) is 0.509. The molecule has 14 heavy (non-hydrogen) atoms. The lowest BCUT2D eigenvalue weighted by Crippen LogP contribution is -2.30. The number of fused-ring (bicyclic) bond motifs is 1. The first-order valence-electron chi connectivity index (χ1n) is 5.08. The second-order valence-corrected chi connectivity index (χ2v) is 3.61. The summed E-state index contributed by atoms with van der Waals surface area (Å²) in [5, 5.41) is 3.44. The highest BCUT2D eigenvalue weighted by atomic mass is 15.1. The van der Waals surface area contributed by atoms with Crippen molar-refractivity contribution < 1.29 is 0 Å². The monoisotopic (exact) mass is 189 g/mol. The van der Waals surface area contributed by atoms with Crippen molar-refractivity contribution in [3.63, 3.8) is 0 Å². The van der Waals surface area contributed by atoms with Crippen LogP contribution < -0.4 is 5.32 Å². The molecule has 2 atom stereocenters. The molecule has 0 radical (unpaired) electrons. The van der Waals surface area contributed by atoms with E-state index in [1.54, 1.807) is 0 Å². The van der Waals surface area contributed by atoms with Gasteiger partial charge >= 0.3 is 0 Å². The molecule has 0 aliphatic carbocycles. The Balaban J connectivity index is 2.05. The Morgan fingerprint density at radius 3 is 3.43 bits per heavy atom. The maximum atomic E-state index is 5.42. The number of imidazole rings is 1. The first kappa shape index (κ1) is 9.29. The fourth-order valence-corrected chi connectivity index (χ4v) is 1.90. The van der Waals surface area contributed by atoms with Gasteiger partial charge in [-0.25, -0.2) is 4.98 Å². The Labute approximate surface area is 84.5 Å². The highest BCUT2D eigenvalue weighted by Gasteiger charge is 2.24. The van der Waals surface area contributed by atoms with Gasteiger partial charge in [-0.15, -0.1) is 6.42 Å². The van der Waals surface area contributed by atoms with E-state index in [9.17, 15) is 0 Å². The number of hydrogen-bond donors (Lipinski definition) is 1. The summed E-state index contributed by atoms with van der Waals surface area (Å²) < 4.78 is 2.18. The van der Waals surface area contributed by atoms with E-state index in [-0.39, 0.29) is 6.04 Å². The number of terminal acetylenes is 1. The first-order valence-corrected chi connectivity index (χ1v) is 5.08. The normalized spacial score (nSPS) is 21.6. The molecule has 1 aliphatic rings. The van der Waals surface area contributed by atoms with Crippen LogP contribution in [0.25, 0.3) is 0 Å². The van der Waals surface area contributed by atoms with Crippen molar-refractivity contribution in [2.45, 2.75) is 38.4 Å². The van der Waals surface area contributed by atoms with Gasteiger partial charge in [0.2, 0.25) is 0 Å². The average molecular weight is 189 g/mol. The van der Waals surface area contributed by atoms with Gasteiger partial charge in [-0.3, -0.25) is 5.32 Å². The van der Waals surface area contributed by atoms with Gasteiger partial charge in [0.1, 0.15) is 5.82 Å². The van der Waals surface area contributed by atoms with Crippen LogP contribution in [0, 0.1) is 12.3 Å². The van der Waals surface area contributed by atoms with E-state index in [4.69, 9.17) is 6.42 Å². The van der Waals surface area contributed by atoms with E-state index < -0.39 is 0 Å². The van der Waals surface area contributed by atoms with Gasteiger partial charge < -0.3 is 4.57 Å². The second-order valence-electron chi connectivity index (χ2n) is 3.61. The van der Waals surface area contributed by atoms with Crippen LogP contribution in [-0.4, -0.2) is 15.6 Å². The van der Waals surface area contributed by atoms with Crippen LogP contribution in [0.15, 0.2) is 12.4 Å². The Kier molecular flexibility index (Phi) is 2.55. The topological polar surface area (TPSA) is 29.9 Å². The van der Waals surface area contributed by atoms with Crippen molar-refractivity contribution >= 4 is 0 Å². The Hall–Kier alpha value is -1.27. The van der Waals surface area contributed by atoms with Crippen LogP contribution in [0.2, 0.25) is 0 Å². The third-order valence-electron chi connectivity index (χ3n) is 2.73. The smallest absolute Gasteiger partial charge is 0.125 e. The van der Waals surface area contributed by atoms with Crippen LogP contribution >= 0.6 is 0 Å². The number of aryl methyl sites for hydroxylation is 1. The lowest BCUT2D eigenvalue weighted by molar-refractivity contribution is 0.474. The minimum absolute atomic E-state index is 0.170. The number of rotatable bonds is 3. The van der Waals surface area contributed by atoms with E-state index in [2.05, 4.69) is 27.7 Å². The highest BCUT2D eigenvalue weighted by Crippen LogP contribution is 2.24. The fraction of sp³-hybridized carbons (Fsp3) is 0.545. The molecule has 0 bridgehead atoms. The van der Waals surface area contributed by atoms with Gasteiger partial charge in [0.25, 0.3) is 0 Å². The summed E-state index contributed by atoms with van der Waals surface area (Å²) in [7, 11) is 0. The van der Waals surface area contributed by atoms with Crippen LogP contribution in [0.4, 0.5) is 0 Å². The van der Waals surface area contributed by atoms with E-state index in [0.29, 0.717) is 6.04 Å². The van der Waals surface area contributed by atoms with Crippen LogP contribution in [0.5, 0.6) is 0 Å². The molecule has 0 aromatic carbocycles. The number of aromatic nitrogens is 2. The maximum Gasteiger partial charge on any atom is 0.125 e. The van der Waals surface area contributed by atoms with Gasteiger partial charge in [0.15, 0.2) is 0 Å². The van der Waals surface area contributed by atoms with Crippen LogP contribution in [-0.2, 0) is 6.54 Å². The second kappa shape index (κ2) is 3.85. The Bertz CT molecular complexity index is 348. The third-order valence-corrected chi connectivity index (χ3v) is 2.73. The fourth-order valence-electron chi connectivity index (χ4n) is 1.90. The molecule has 3 nitrogen and oxygen atoms in total. The first-order chi connectivity index (χ1) is 6.85. The molecule has 1 N–H and O–H groups in total. The summed E-state index contributed by atoms with van der Waals surface area (Å²) >= 11 is 0. The zero-order valence-corrected chi connectivity index (χ0v) is 8.40. The molecular formula is C11H15N3. The van der Waals surface area contributed by atoms with Crippen LogP contribution in [0.3, 0.4) is 0 Å². The van der Waals surface area contributed by atoms with E-state index in [1.165, 1.54) is 0 Å². The SMILES string of the molecule is C#CC(CC)NC1CCn2ccnc21. The molecule has 0 amide bonds. The molecule has 74 valence electrons. The summed E-state index contributed by atoms with van der Waals surface area (Å²) in [6.07, 6.45) is 11.4. The van der Waals surface area contributed by atoms with Crippen LogP contribution in [0.1, 0.15) is 31.6 Å². The van der Waals surface area contributed by atoms with Gasteiger partial charge in [0.05, 0.1) is 12.1 Å². The van der Waals surface area contributed by atoms with Crippen molar-refractivity contribution in [3.05, 3.63) is 18.2 Å². The predicted molar refractivity (Wildman–Crippen MR) is 55.6 cm³/mol. The average Bonchev–Trinajstić information content (AvgIpc) is 2.77. The summed E-state index contributed by atoms with van der Waals surface area (Å²) in [4.78, 5) is 4.33. The molecule has 0 saturated carbocycles. The highest BCUT2D eigenvalue weighted by molar-refractivity contribution is 5.08. The number of nitrogens with zero attached hydrogens (tertiary/aromatic N) is 2. The standard InChI is InChI=1S/C11H15N3/c1-3-9(4-2)13-10-5-7-14-8-6-12-11(10)14/h1,6,8-10,13H,4-5,7H2,2H3. The Morgan fingerprint density at radius 2 is 2.71 bits per heavy atom. The van der Waals surface area contributed by atoms with Gasteiger partial charge in [-0.05, 0) is 12.8 Å². The number of hydrogen-bond acceptors (Lipinski definition) is 2. The lowest BCUT2D eigenvalue weighted by Gasteiger charge is -2.15. The largest absolute Gasteiger partial charge is 0.334 e. The van der Waals surface area contributed by atoms with Gasteiger partial charge in [0, 0.05) is 18.9 Å². The summed E-state index contributed by atoms with van der Waals surface area (Å²) in [5.41, 5.74) is 0. The molecular weight excluding hydrogens is 174 g/mol. The zero-order valence-electron chi connectivity index (χ0n) is 8.40. The van der Waals surface area contributed by atoms with Crippen molar-refractivity contribution in [1.29, 1.82) is 0 Å². The molecule has 2 heterocycles. The predicted octanol–water partition coefficient (Wildman–Crippen LogP) is 1.33. The minimum Gasteiger partial charge on any atom is -0.334 e. The summed E-state index contributed by atoms with van der Waals surface area (Å²) in [5.74, 6) is 3.88. The van der Waals surface area contributed by atoms with E-state index in [0.717, 1.165) is 25.2 Å². The quantitative estimate of drug-likeness (QED) is 0.727. The van der Waals surface area contributed by atoms with Crippen molar-refractivity contribution in [3.8, 4) is 12.3 Å². The van der Waals surface area contributed by atoms with Crippen molar-refractivity contribution in [2.75, 3.05) is 0 Å². The molecule has 1 aromatic rings. The molecule has 1 aromatic heterocycles. The third kappa shape index (κ3) is 1.53. The van der Waals surface area contributed by atoms with Crippen molar-refractivity contribution in [2.24, 2.45) is 0 Å². The number of nitrogens with one attached hydrogen (secondary N) is 1. The lowest BCUT2D eigenvalue weighted by atomic mass is 10.1. The van der Waals surface area contributed by atoms with Crippen molar-refractivity contribution in [1.82, 2.24) is 14.9 Å². The molecule has 1 aliphatic heterocycles. The molecule has 0 saturated heterocycles. The molecule has 2 unspecified atom stereocenters. The zero-order chi connectivity index (χ0) is 9.97. The van der Waals surface area contributed by atoms with Gasteiger partial charge in [-0.1, -0.05) is 12.8 Å². The van der Waals surface area contributed by atoms with E-state index >= 15 is 0 Å².